The van der Waals surface area contributed by atoms with E-state index in [2.05, 4.69) is 88.1 Å². The van der Waals surface area contributed by atoms with E-state index in [1.807, 2.05) is 35.8 Å². The lowest BCUT2D eigenvalue weighted by Gasteiger charge is -2.44. The minimum atomic E-state index is -1.10. The highest BCUT2D eigenvalue weighted by Gasteiger charge is 2.63. The van der Waals surface area contributed by atoms with E-state index in [9.17, 15) is 117 Å². The molecule has 0 radical (unpaired) electrons. The molecule has 42 heteroatoms. The molecule has 726 valence electrons. The van der Waals surface area contributed by atoms with Crippen LogP contribution in [0.5, 0.6) is 0 Å². The monoisotopic (exact) mass is 1830 g/mol. The number of primary amides is 6. The maximum atomic E-state index is 12.5. The molecule has 0 bridgehead atoms. The lowest BCUT2D eigenvalue weighted by molar-refractivity contribution is -0.140. The number of nitrogens with one attached hydrogen (secondary N) is 6. The minimum Gasteiger partial charge on any atom is -0.391 e. The standard InChI is InChI=1S/3C16H27N3O4.3C13H21N3O4/c3*1-9(2)7-19-8-11(6-16(19)5-4-12(16)21)15(23)18-13(10(3)20)14(17)22;3*1-7(17)10(11(14)19)15-12(20)8-5-13(16(2)6-8)4-3-9(13)18/h3*9-11,13,20H,4-8H2,1-3H3,(H2,17,22)(H,18,23);3*7-8,10,17H,3-6H2,1-2H3,(H2,14,19)(H,15,20)/t3*10-,11?,13+,16?;3*7-,8?,10+,13?/m111111/s1. The first kappa shape index (κ1) is 107. The molecule has 24 N–H and O–H groups in total. The van der Waals surface area contributed by atoms with Gasteiger partial charge in [-0.05, 0) is 157 Å². The Morgan fingerprint density at radius 1 is 0.271 bits per heavy atom. The Bertz CT molecular complexity index is 3790. The molecular formula is C87H144N18O24. The first-order chi connectivity index (χ1) is 59.8. The van der Waals surface area contributed by atoms with Crippen LogP contribution in [0.1, 0.15) is 199 Å². The van der Waals surface area contributed by atoms with E-state index < -0.39 is 142 Å². The summed E-state index contributed by atoms with van der Waals surface area (Å²) < 4.78 is 0. The Morgan fingerprint density at radius 3 is 0.512 bits per heavy atom. The van der Waals surface area contributed by atoms with Gasteiger partial charge in [0.2, 0.25) is 70.9 Å². The van der Waals surface area contributed by atoms with Crippen molar-refractivity contribution in [2.75, 3.05) is 80.0 Å². The summed E-state index contributed by atoms with van der Waals surface area (Å²) in [6.07, 6.45) is 4.68. The van der Waals surface area contributed by atoms with Crippen molar-refractivity contribution in [1.29, 1.82) is 0 Å². The van der Waals surface area contributed by atoms with Crippen LogP contribution < -0.4 is 66.3 Å². The van der Waals surface area contributed by atoms with Crippen LogP contribution in [0, 0.1) is 53.3 Å². The number of hydrogen-bond acceptors (Lipinski definition) is 30. The van der Waals surface area contributed by atoms with Gasteiger partial charge < -0.3 is 96.9 Å². The normalized spacial score (nSPS) is 31.4. The molecule has 6 aliphatic heterocycles. The molecular weight excluding hydrogens is 1680 g/mol. The number of likely N-dealkylation sites (tertiary alicyclic amines) is 6. The van der Waals surface area contributed by atoms with Crippen LogP contribution in [-0.2, 0) is 86.3 Å². The van der Waals surface area contributed by atoms with E-state index in [1.54, 1.807) is 0 Å². The molecule has 24 atom stereocenters. The van der Waals surface area contributed by atoms with Gasteiger partial charge in [-0.1, -0.05) is 41.5 Å². The highest BCUT2D eigenvalue weighted by atomic mass is 16.3. The number of likely N-dealkylation sites (N-methyl/N-ethyl adjacent to an activating group) is 3. The number of rotatable bonds is 30. The molecule has 6 saturated heterocycles. The first-order valence-electron chi connectivity index (χ1n) is 45.1. The van der Waals surface area contributed by atoms with E-state index in [0.29, 0.717) is 134 Å². The molecule has 0 aromatic heterocycles. The summed E-state index contributed by atoms with van der Waals surface area (Å²) >= 11 is 0. The van der Waals surface area contributed by atoms with Crippen molar-refractivity contribution in [3.8, 4) is 0 Å². The summed E-state index contributed by atoms with van der Waals surface area (Å²) in [4.78, 5) is 225. The Kier molecular flexibility index (Phi) is 36.3. The molecule has 6 heterocycles. The molecule has 12 unspecified atom stereocenters. The fraction of sp³-hybridized carbons (Fsp3) is 0.793. The summed E-state index contributed by atoms with van der Waals surface area (Å²) in [6.45, 7) is 26.2. The van der Waals surface area contributed by atoms with Gasteiger partial charge in [-0.25, -0.2) is 0 Å². The van der Waals surface area contributed by atoms with Crippen molar-refractivity contribution in [3.63, 3.8) is 0 Å². The molecule has 129 heavy (non-hydrogen) atoms. The molecule has 0 aromatic rings. The van der Waals surface area contributed by atoms with E-state index in [-0.39, 0.29) is 106 Å². The van der Waals surface area contributed by atoms with Gasteiger partial charge in [0.1, 0.15) is 36.3 Å². The summed E-state index contributed by atoms with van der Waals surface area (Å²) in [5, 5.41) is 72.1. The molecule has 6 aliphatic carbocycles. The summed E-state index contributed by atoms with van der Waals surface area (Å²) in [5.41, 5.74) is 28.1. The number of Topliss-reactive ketones (excluding diaryl/α,β-unsaturated/α-hetero) is 6. The smallest absolute Gasteiger partial charge is 0.242 e. The number of amides is 12. The third-order valence-electron chi connectivity index (χ3n) is 28.5. The number of nitrogens with zero attached hydrogens (tertiary/aromatic N) is 6. The van der Waals surface area contributed by atoms with Gasteiger partial charge in [0, 0.05) is 97.4 Å². The van der Waals surface area contributed by atoms with Crippen LogP contribution in [0.15, 0.2) is 0 Å². The van der Waals surface area contributed by atoms with Crippen LogP contribution in [0.2, 0.25) is 0 Å². The number of aliphatic hydroxyl groups excluding tert-OH is 6. The maximum absolute atomic E-state index is 12.5. The number of hydrogen-bond donors (Lipinski definition) is 18. The van der Waals surface area contributed by atoms with Crippen molar-refractivity contribution in [1.82, 2.24) is 61.3 Å². The molecule has 12 fully saturated rings. The molecule has 12 aliphatic rings. The lowest BCUT2D eigenvalue weighted by atomic mass is 9.72. The van der Waals surface area contributed by atoms with E-state index in [1.165, 1.54) is 41.5 Å². The van der Waals surface area contributed by atoms with Crippen molar-refractivity contribution in [3.05, 3.63) is 0 Å². The zero-order valence-electron chi connectivity index (χ0n) is 77.4. The second-order valence-electron chi connectivity index (χ2n) is 39.4. The zero-order chi connectivity index (χ0) is 97.3. The minimum absolute atomic E-state index is 0.178. The van der Waals surface area contributed by atoms with Crippen LogP contribution >= 0.6 is 0 Å². The number of nitrogens with two attached hydrogens (primary N) is 6. The largest absolute Gasteiger partial charge is 0.391 e. The lowest BCUT2D eigenvalue weighted by Crippen LogP contribution is -2.58. The number of carbonyl (C=O) groups is 18. The van der Waals surface area contributed by atoms with Crippen molar-refractivity contribution >= 4 is 106 Å². The van der Waals surface area contributed by atoms with Crippen LogP contribution in [0.25, 0.3) is 0 Å². The van der Waals surface area contributed by atoms with E-state index in [4.69, 9.17) is 34.4 Å². The Morgan fingerprint density at radius 2 is 0.411 bits per heavy atom. The second-order valence-corrected chi connectivity index (χ2v) is 39.4. The van der Waals surface area contributed by atoms with Crippen molar-refractivity contribution in [2.24, 2.45) is 87.7 Å². The number of ketones is 6. The Hall–Kier alpha value is -8.82. The fourth-order valence-electron chi connectivity index (χ4n) is 20.5. The third-order valence-corrected chi connectivity index (χ3v) is 28.5. The van der Waals surface area contributed by atoms with Gasteiger partial charge in [0.15, 0.2) is 34.7 Å². The number of carbonyl (C=O) groups excluding carboxylic acids is 18. The Labute approximate surface area is 753 Å². The topological polar surface area (TPSA) is 676 Å². The van der Waals surface area contributed by atoms with Gasteiger partial charge in [-0.15, -0.1) is 0 Å². The predicted octanol–water partition coefficient (Wildman–Crippen LogP) is -6.58. The molecule has 6 saturated carbocycles. The third kappa shape index (κ3) is 24.0. The van der Waals surface area contributed by atoms with Crippen LogP contribution in [-0.4, -0.2) is 352 Å². The predicted molar refractivity (Wildman–Crippen MR) is 464 cm³/mol. The molecule has 12 rings (SSSR count). The van der Waals surface area contributed by atoms with E-state index >= 15 is 0 Å². The summed E-state index contributed by atoms with van der Waals surface area (Å²) in [5.74, 6) is -6.37. The zero-order valence-corrected chi connectivity index (χ0v) is 77.4. The van der Waals surface area contributed by atoms with E-state index in [0.717, 1.165) is 58.2 Å². The van der Waals surface area contributed by atoms with Crippen molar-refractivity contribution in [2.45, 2.75) is 305 Å². The summed E-state index contributed by atoms with van der Waals surface area (Å²) in [7, 11) is 5.51. The molecule has 12 amide bonds. The average Bonchev–Trinajstić information content (AvgIpc) is 1.58. The summed E-state index contributed by atoms with van der Waals surface area (Å²) in [6, 6.07) is -6.59. The van der Waals surface area contributed by atoms with Crippen LogP contribution in [0.3, 0.4) is 0 Å². The first-order valence-corrected chi connectivity index (χ1v) is 45.1. The molecule has 6 spiro atoms. The van der Waals surface area contributed by atoms with Crippen molar-refractivity contribution < 1.29 is 117 Å². The number of aliphatic hydroxyl groups is 6. The highest BCUT2D eigenvalue weighted by Crippen LogP contribution is 2.50. The quantitative estimate of drug-likeness (QED) is 0.0318. The van der Waals surface area contributed by atoms with Gasteiger partial charge in [-0.2, -0.15) is 0 Å². The molecule has 0 aromatic carbocycles. The van der Waals surface area contributed by atoms with Gasteiger partial charge >= 0.3 is 0 Å². The highest BCUT2D eigenvalue weighted by molar-refractivity contribution is 6.01. The average molecular weight is 1830 g/mol. The Balaban J connectivity index is 0.000000212. The van der Waals surface area contributed by atoms with Gasteiger partial charge in [-0.3, -0.25) is 116 Å². The maximum Gasteiger partial charge on any atom is 0.242 e. The van der Waals surface area contributed by atoms with Gasteiger partial charge in [0.05, 0.1) is 105 Å². The molecule has 42 nitrogen and oxygen atoms in total. The van der Waals surface area contributed by atoms with Gasteiger partial charge in [0.25, 0.3) is 0 Å². The van der Waals surface area contributed by atoms with Crippen LogP contribution in [0.4, 0.5) is 0 Å². The second kappa shape index (κ2) is 43.7. The SMILES string of the molecule is CC(C)CN1CC(C(=O)N[C@H](C(N)=O)[C@@H](C)O)CC12CCC2=O.CC(C)CN1CC(C(=O)N[C@H](C(N)=O)[C@@H](C)O)CC12CCC2=O.CC(C)CN1CC(C(=O)N[C@H](C(N)=O)[C@@H](C)O)CC12CCC2=O.C[C@@H](O)[C@H](NC(=O)C1CN(C)C2(CCC2=O)C1)C(N)=O.C[C@@H](O)[C@H](NC(=O)C1CN(C)C2(CCC2=O)C1)C(N)=O.C[C@@H](O)[C@H](NC(=O)C1CN(C)C2(CCC2=O)C1)C(N)=O. The fourth-order valence-corrected chi connectivity index (χ4v) is 20.5.